The Hall–Kier alpha value is -1.91. The van der Waals surface area contributed by atoms with Gasteiger partial charge < -0.3 is 5.11 Å². The van der Waals surface area contributed by atoms with Gasteiger partial charge in [-0.25, -0.2) is 4.79 Å². The van der Waals surface area contributed by atoms with Crippen molar-refractivity contribution in [2.75, 3.05) is 6.54 Å². The van der Waals surface area contributed by atoms with Crippen LogP contribution < -0.4 is 0 Å². The van der Waals surface area contributed by atoms with Crippen molar-refractivity contribution in [3.8, 4) is 0 Å². The van der Waals surface area contributed by atoms with E-state index in [0.717, 1.165) is 5.01 Å². The molecule has 0 unspecified atom stereocenters. The fourth-order valence-electron chi connectivity index (χ4n) is 0.847. The van der Waals surface area contributed by atoms with Gasteiger partial charge in [-0.1, -0.05) is 6.07 Å². The Morgan fingerprint density at radius 2 is 2.50 bits per heavy atom. The van der Waals surface area contributed by atoms with Crippen LogP contribution in [0.4, 0.5) is 4.79 Å². The van der Waals surface area contributed by atoms with Crippen LogP contribution in [0, 0.1) is 0 Å². The molecule has 1 amide bonds. The number of aromatic nitrogens is 1. The van der Waals surface area contributed by atoms with Gasteiger partial charge in [-0.3, -0.25) is 4.98 Å². The van der Waals surface area contributed by atoms with Crippen molar-refractivity contribution in [2.24, 2.45) is 5.10 Å². The Balaban J connectivity index is 2.67. The molecule has 1 N–H and O–H groups in total. The summed E-state index contributed by atoms with van der Waals surface area (Å²) in [5.41, 5.74) is 0.632. The lowest BCUT2D eigenvalue weighted by Gasteiger charge is -2.08. The number of hydrogen-bond acceptors (Lipinski definition) is 3. The quantitative estimate of drug-likeness (QED) is 0.583. The van der Waals surface area contributed by atoms with Crippen LogP contribution in [-0.4, -0.2) is 34.0 Å². The van der Waals surface area contributed by atoms with Crippen LogP contribution in [0.1, 0.15) is 12.6 Å². The highest BCUT2D eigenvalue weighted by molar-refractivity contribution is 5.78. The maximum absolute atomic E-state index is 10.5. The summed E-state index contributed by atoms with van der Waals surface area (Å²) in [6.07, 6.45) is 1.97. The fraction of sp³-hybridized carbons (Fsp3) is 0.222. The molecule has 0 bridgehead atoms. The van der Waals surface area contributed by atoms with E-state index in [2.05, 4.69) is 10.1 Å². The maximum Gasteiger partial charge on any atom is 0.427 e. The van der Waals surface area contributed by atoms with Crippen molar-refractivity contribution >= 4 is 12.3 Å². The fourth-order valence-corrected chi connectivity index (χ4v) is 0.847. The Labute approximate surface area is 81.7 Å². The van der Waals surface area contributed by atoms with E-state index in [9.17, 15) is 4.79 Å². The molecule has 1 heterocycles. The molecule has 0 radical (unpaired) electrons. The van der Waals surface area contributed by atoms with E-state index in [4.69, 9.17) is 5.11 Å². The minimum atomic E-state index is -1.07. The molecule has 0 aliphatic carbocycles. The van der Waals surface area contributed by atoms with Gasteiger partial charge in [0.05, 0.1) is 11.9 Å². The smallest absolute Gasteiger partial charge is 0.427 e. The largest absolute Gasteiger partial charge is 0.464 e. The number of amides is 1. The lowest BCUT2D eigenvalue weighted by molar-refractivity contribution is 0.150. The van der Waals surface area contributed by atoms with Crippen LogP contribution in [0.25, 0.3) is 0 Å². The SMILES string of the molecule is CCN(/N=C/c1ccccn1)C(=O)O. The zero-order chi connectivity index (χ0) is 10.4. The third-order valence-electron chi connectivity index (χ3n) is 1.54. The summed E-state index contributed by atoms with van der Waals surface area (Å²) in [5, 5.41) is 13.3. The third-order valence-corrected chi connectivity index (χ3v) is 1.54. The summed E-state index contributed by atoms with van der Waals surface area (Å²) in [5.74, 6) is 0. The highest BCUT2D eigenvalue weighted by Gasteiger charge is 2.04. The summed E-state index contributed by atoms with van der Waals surface area (Å²) in [6, 6.07) is 5.34. The van der Waals surface area contributed by atoms with Crippen LogP contribution in [0.15, 0.2) is 29.5 Å². The van der Waals surface area contributed by atoms with Crippen molar-refractivity contribution < 1.29 is 9.90 Å². The van der Waals surface area contributed by atoms with Crippen molar-refractivity contribution in [3.63, 3.8) is 0 Å². The Kier molecular flexibility index (Phi) is 3.60. The van der Waals surface area contributed by atoms with Gasteiger partial charge in [-0.05, 0) is 19.1 Å². The first-order valence-electron chi connectivity index (χ1n) is 4.19. The molecule has 0 saturated carbocycles. The monoisotopic (exact) mass is 193 g/mol. The van der Waals surface area contributed by atoms with Gasteiger partial charge in [0.1, 0.15) is 0 Å². The van der Waals surface area contributed by atoms with Gasteiger partial charge in [0.2, 0.25) is 0 Å². The van der Waals surface area contributed by atoms with Crippen LogP contribution >= 0.6 is 0 Å². The normalized spacial score (nSPS) is 10.4. The zero-order valence-corrected chi connectivity index (χ0v) is 7.79. The van der Waals surface area contributed by atoms with Gasteiger partial charge >= 0.3 is 6.09 Å². The molecule has 1 rings (SSSR count). The average Bonchev–Trinajstić information content (AvgIpc) is 2.20. The molecule has 0 aliphatic rings. The summed E-state index contributed by atoms with van der Waals surface area (Å²) < 4.78 is 0. The van der Waals surface area contributed by atoms with E-state index in [1.54, 1.807) is 25.3 Å². The van der Waals surface area contributed by atoms with Gasteiger partial charge in [0.15, 0.2) is 0 Å². The second-order valence-electron chi connectivity index (χ2n) is 2.50. The average molecular weight is 193 g/mol. The molecule has 14 heavy (non-hydrogen) atoms. The first-order valence-corrected chi connectivity index (χ1v) is 4.19. The number of rotatable bonds is 3. The molecule has 0 saturated heterocycles. The van der Waals surface area contributed by atoms with E-state index in [1.807, 2.05) is 6.07 Å². The standard InChI is InChI=1S/C9H11N3O2/c1-2-12(9(13)14)11-7-8-5-3-4-6-10-8/h3-7H,2H2,1H3,(H,13,14)/b11-7+. The predicted molar refractivity (Wildman–Crippen MR) is 52.2 cm³/mol. The highest BCUT2D eigenvalue weighted by Crippen LogP contribution is 1.92. The second-order valence-corrected chi connectivity index (χ2v) is 2.50. The number of nitrogens with zero attached hydrogens (tertiary/aromatic N) is 3. The third kappa shape index (κ3) is 2.85. The Bertz CT molecular complexity index is 324. The van der Waals surface area contributed by atoms with Crippen molar-refractivity contribution in [1.29, 1.82) is 0 Å². The van der Waals surface area contributed by atoms with Gasteiger partial charge in [-0.2, -0.15) is 10.1 Å². The van der Waals surface area contributed by atoms with E-state index in [-0.39, 0.29) is 0 Å². The lowest BCUT2D eigenvalue weighted by atomic mass is 10.4. The van der Waals surface area contributed by atoms with Crippen molar-refractivity contribution in [1.82, 2.24) is 9.99 Å². The number of hydrazone groups is 1. The van der Waals surface area contributed by atoms with E-state index < -0.39 is 6.09 Å². The minimum absolute atomic E-state index is 0.318. The second kappa shape index (κ2) is 4.96. The Morgan fingerprint density at radius 3 is 3.00 bits per heavy atom. The molecule has 0 aliphatic heterocycles. The van der Waals surface area contributed by atoms with Gasteiger partial charge in [0.25, 0.3) is 0 Å². The molecule has 0 atom stereocenters. The summed E-state index contributed by atoms with van der Waals surface area (Å²) in [7, 11) is 0. The molecule has 5 nitrogen and oxygen atoms in total. The first kappa shape index (κ1) is 10.2. The number of carboxylic acid groups (broad SMARTS) is 1. The van der Waals surface area contributed by atoms with Crippen LogP contribution in [0.5, 0.6) is 0 Å². The van der Waals surface area contributed by atoms with Crippen LogP contribution in [0.2, 0.25) is 0 Å². The van der Waals surface area contributed by atoms with Crippen LogP contribution in [-0.2, 0) is 0 Å². The molecule has 0 spiro atoms. The first-order chi connectivity index (χ1) is 6.74. The van der Waals surface area contributed by atoms with E-state index in [1.165, 1.54) is 6.21 Å². The van der Waals surface area contributed by atoms with Crippen LogP contribution in [0.3, 0.4) is 0 Å². The van der Waals surface area contributed by atoms with E-state index in [0.29, 0.717) is 12.2 Å². The summed E-state index contributed by atoms with van der Waals surface area (Å²) in [4.78, 5) is 14.5. The predicted octanol–water partition coefficient (Wildman–Crippen LogP) is 1.42. The summed E-state index contributed by atoms with van der Waals surface area (Å²) >= 11 is 0. The molecule has 0 aromatic carbocycles. The molecule has 5 heteroatoms. The molecular formula is C9H11N3O2. The van der Waals surface area contributed by atoms with Gasteiger partial charge in [-0.15, -0.1) is 0 Å². The lowest BCUT2D eigenvalue weighted by Crippen LogP contribution is -2.23. The number of carbonyl (C=O) groups is 1. The van der Waals surface area contributed by atoms with E-state index >= 15 is 0 Å². The number of hydrogen-bond donors (Lipinski definition) is 1. The minimum Gasteiger partial charge on any atom is -0.464 e. The number of pyridine rings is 1. The zero-order valence-electron chi connectivity index (χ0n) is 7.79. The molecule has 0 fully saturated rings. The van der Waals surface area contributed by atoms with Gasteiger partial charge in [0, 0.05) is 12.7 Å². The highest BCUT2D eigenvalue weighted by atomic mass is 16.4. The molecule has 1 aromatic rings. The summed E-state index contributed by atoms with van der Waals surface area (Å²) in [6.45, 7) is 2.03. The van der Waals surface area contributed by atoms with Crippen molar-refractivity contribution in [2.45, 2.75) is 6.92 Å². The molecular weight excluding hydrogens is 182 g/mol. The molecule has 74 valence electrons. The maximum atomic E-state index is 10.5. The Morgan fingerprint density at radius 1 is 1.71 bits per heavy atom. The van der Waals surface area contributed by atoms with Crippen molar-refractivity contribution in [3.05, 3.63) is 30.1 Å². The topological polar surface area (TPSA) is 65.8 Å². The molecule has 1 aromatic heterocycles.